The van der Waals surface area contributed by atoms with Crippen LogP contribution in [0.4, 0.5) is 5.69 Å². The van der Waals surface area contributed by atoms with E-state index in [2.05, 4.69) is 32.0 Å². The Balaban J connectivity index is 1.70. The van der Waals surface area contributed by atoms with Gasteiger partial charge in [0.25, 0.3) is 0 Å². The minimum absolute atomic E-state index is 0.724. The molecule has 0 radical (unpaired) electrons. The molecule has 0 saturated heterocycles. The second-order valence-electron chi connectivity index (χ2n) is 4.87. The van der Waals surface area contributed by atoms with Gasteiger partial charge in [0, 0.05) is 22.4 Å². The highest BCUT2D eigenvalue weighted by Gasteiger charge is 1.98. The van der Waals surface area contributed by atoms with E-state index in [1.165, 1.54) is 16.0 Å². The molecule has 3 heteroatoms. The zero-order valence-corrected chi connectivity index (χ0v) is 12.9. The van der Waals surface area contributed by atoms with Gasteiger partial charge >= 0.3 is 0 Å². The number of hydrogen-bond donors (Lipinski definition) is 1. The predicted molar refractivity (Wildman–Crippen MR) is 87.6 cm³/mol. The van der Waals surface area contributed by atoms with Crippen LogP contribution in [0.2, 0.25) is 0 Å². The van der Waals surface area contributed by atoms with Crippen LogP contribution in [0, 0.1) is 13.8 Å². The molecule has 0 bridgehead atoms. The molecule has 2 aromatic rings. The second-order valence-corrected chi connectivity index (χ2v) is 6.04. The van der Waals surface area contributed by atoms with Crippen molar-refractivity contribution < 1.29 is 4.74 Å². The lowest BCUT2D eigenvalue weighted by atomic mass is 10.1. The highest BCUT2D eigenvalue weighted by molar-refractivity contribution is 7.99. The fourth-order valence-corrected chi connectivity index (χ4v) is 2.77. The Labute approximate surface area is 125 Å². The maximum Gasteiger partial charge on any atom is 0.121 e. The molecule has 2 nitrogen and oxygen atoms in total. The number of ether oxygens (including phenoxy) is 1. The zero-order valence-electron chi connectivity index (χ0n) is 12.1. The third-order valence-electron chi connectivity index (χ3n) is 3.16. The molecule has 0 aromatic heterocycles. The van der Waals surface area contributed by atoms with E-state index < -0.39 is 0 Å². The Hall–Kier alpha value is -1.61. The maximum absolute atomic E-state index is 5.71. The lowest BCUT2D eigenvalue weighted by molar-refractivity contribution is 0.319. The van der Waals surface area contributed by atoms with Gasteiger partial charge in [0.15, 0.2) is 0 Å². The Morgan fingerprint density at radius 3 is 2.65 bits per heavy atom. The van der Waals surface area contributed by atoms with Crippen LogP contribution in [0.1, 0.15) is 17.5 Å². The fourth-order valence-electron chi connectivity index (χ4n) is 1.85. The third-order valence-corrected chi connectivity index (χ3v) is 4.24. The smallest absolute Gasteiger partial charge is 0.121 e. The van der Waals surface area contributed by atoms with Crippen LogP contribution in [-0.4, -0.2) is 12.4 Å². The van der Waals surface area contributed by atoms with Gasteiger partial charge in [0.2, 0.25) is 0 Å². The van der Waals surface area contributed by atoms with Crippen molar-refractivity contribution >= 4 is 17.4 Å². The first-order chi connectivity index (χ1) is 9.65. The van der Waals surface area contributed by atoms with E-state index in [0.717, 1.165) is 30.2 Å². The molecule has 0 amide bonds. The minimum atomic E-state index is 0.724. The molecular formula is C17H21NOS. The molecule has 0 aliphatic carbocycles. The molecule has 2 rings (SSSR count). The molecule has 0 saturated carbocycles. The average Bonchev–Trinajstić information content (AvgIpc) is 2.42. The van der Waals surface area contributed by atoms with Crippen LogP contribution in [-0.2, 0) is 0 Å². The molecule has 2 N–H and O–H groups in total. The van der Waals surface area contributed by atoms with Gasteiger partial charge in [-0.3, -0.25) is 0 Å². The number of rotatable bonds is 6. The summed E-state index contributed by atoms with van der Waals surface area (Å²) < 4.78 is 5.67. The van der Waals surface area contributed by atoms with Crippen molar-refractivity contribution in [2.45, 2.75) is 25.2 Å². The number of nitrogen functional groups attached to an aromatic ring is 1. The van der Waals surface area contributed by atoms with Gasteiger partial charge in [-0.1, -0.05) is 12.1 Å². The van der Waals surface area contributed by atoms with Gasteiger partial charge in [-0.05, 0) is 55.7 Å². The number of thioether (sulfide) groups is 1. The Morgan fingerprint density at radius 2 is 1.90 bits per heavy atom. The van der Waals surface area contributed by atoms with Crippen molar-refractivity contribution in [3.05, 3.63) is 53.6 Å². The van der Waals surface area contributed by atoms with Crippen molar-refractivity contribution in [3.8, 4) is 5.75 Å². The summed E-state index contributed by atoms with van der Waals surface area (Å²) in [6.45, 7) is 5.02. The number of aryl methyl sites for hydroxylation is 2. The first kappa shape index (κ1) is 14.8. The van der Waals surface area contributed by atoms with Crippen molar-refractivity contribution in [3.63, 3.8) is 0 Å². The molecule has 2 aromatic carbocycles. The predicted octanol–water partition coefficient (Wildman–Crippen LogP) is 4.45. The lowest BCUT2D eigenvalue weighted by Crippen LogP contribution is -1.99. The van der Waals surface area contributed by atoms with Crippen LogP contribution < -0.4 is 10.5 Å². The standard InChI is InChI=1S/C17H21NOS/c1-13-7-8-17(11-14(13)2)20-10-4-9-19-16-6-3-5-15(18)12-16/h3,5-8,11-12H,4,9-10,18H2,1-2H3. The van der Waals surface area contributed by atoms with E-state index in [1.807, 2.05) is 36.0 Å². The number of hydrogen-bond acceptors (Lipinski definition) is 3. The van der Waals surface area contributed by atoms with Gasteiger partial charge in [-0.2, -0.15) is 0 Å². The van der Waals surface area contributed by atoms with E-state index in [9.17, 15) is 0 Å². The molecular weight excluding hydrogens is 266 g/mol. The van der Waals surface area contributed by atoms with Crippen LogP contribution in [0.5, 0.6) is 5.75 Å². The van der Waals surface area contributed by atoms with Gasteiger partial charge < -0.3 is 10.5 Å². The zero-order chi connectivity index (χ0) is 14.4. The molecule has 0 unspecified atom stereocenters. The first-order valence-corrected chi connectivity index (χ1v) is 7.82. The summed E-state index contributed by atoms with van der Waals surface area (Å²) >= 11 is 1.88. The molecule has 0 fully saturated rings. The van der Waals surface area contributed by atoms with Crippen molar-refractivity contribution in [1.82, 2.24) is 0 Å². The summed E-state index contributed by atoms with van der Waals surface area (Å²) in [4.78, 5) is 1.33. The summed E-state index contributed by atoms with van der Waals surface area (Å²) in [5, 5.41) is 0. The van der Waals surface area contributed by atoms with Crippen LogP contribution >= 0.6 is 11.8 Å². The highest BCUT2D eigenvalue weighted by Crippen LogP contribution is 2.22. The number of benzene rings is 2. The lowest BCUT2D eigenvalue weighted by Gasteiger charge is -2.07. The normalized spacial score (nSPS) is 10.5. The molecule has 106 valence electrons. The van der Waals surface area contributed by atoms with E-state index in [-0.39, 0.29) is 0 Å². The number of anilines is 1. The highest BCUT2D eigenvalue weighted by atomic mass is 32.2. The Bertz CT molecular complexity index is 569. The number of nitrogens with two attached hydrogens (primary N) is 1. The van der Waals surface area contributed by atoms with E-state index >= 15 is 0 Å². The summed E-state index contributed by atoms with van der Waals surface area (Å²) in [5.74, 6) is 1.91. The fraction of sp³-hybridized carbons (Fsp3) is 0.294. The van der Waals surface area contributed by atoms with Gasteiger partial charge in [-0.25, -0.2) is 0 Å². The molecule has 0 aliphatic rings. The van der Waals surface area contributed by atoms with Crippen LogP contribution in [0.15, 0.2) is 47.4 Å². The minimum Gasteiger partial charge on any atom is -0.493 e. The van der Waals surface area contributed by atoms with Crippen molar-refractivity contribution in [2.75, 3.05) is 18.1 Å². The van der Waals surface area contributed by atoms with Gasteiger partial charge in [-0.15, -0.1) is 11.8 Å². The monoisotopic (exact) mass is 287 g/mol. The second kappa shape index (κ2) is 7.25. The summed E-state index contributed by atoms with van der Waals surface area (Å²) in [6, 6.07) is 14.2. The Morgan fingerprint density at radius 1 is 1.05 bits per heavy atom. The average molecular weight is 287 g/mol. The molecule has 0 aliphatic heterocycles. The van der Waals surface area contributed by atoms with Gasteiger partial charge in [0.1, 0.15) is 5.75 Å². The SMILES string of the molecule is Cc1ccc(SCCCOc2cccc(N)c2)cc1C. The van der Waals surface area contributed by atoms with Crippen molar-refractivity contribution in [1.29, 1.82) is 0 Å². The summed E-state index contributed by atoms with van der Waals surface area (Å²) in [6.07, 6.45) is 1.02. The van der Waals surface area contributed by atoms with E-state index in [1.54, 1.807) is 0 Å². The van der Waals surface area contributed by atoms with Crippen molar-refractivity contribution in [2.24, 2.45) is 0 Å². The summed E-state index contributed by atoms with van der Waals surface area (Å²) in [5.41, 5.74) is 9.15. The van der Waals surface area contributed by atoms with Gasteiger partial charge in [0.05, 0.1) is 6.61 Å². The molecule has 0 atom stereocenters. The molecule has 0 spiro atoms. The first-order valence-electron chi connectivity index (χ1n) is 6.83. The van der Waals surface area contributed by atoms with Crippen LogP contribution in [0.3, 0.4) is 0 Å². The molecule has 20 heavy (non-hydrogen) atoms. The largest absolute Gasteiger partial charge is 0.493 e. The Kier molecular flexibility index (Phi) is 5.36. The van der Waals surface area contributed by atoms with E-state index in [0.29, 0.717) is 0 Å². The quantitative estimate of drug-likeness (QED) is 0.484. The molecule has 0 heterocycles. The topological polar surface area (TPSA) is 35.2 Å². The van der Waals surface area contributed by atoms with Crippen LogP contribution in [0.25, 0.3) is 0 Å². The maximum atomic E-state index is 5.71. The van der Waals surface area contributed by atoms with E-state index in [4.69, 9.17) is 10.5 Å². The summed E-state index contributed by atoms with van der Waals surface area (Å²) in [7, 11) is 0. The third kappa shape index (κ3) is 4.49.